The number of likely N-dealkylation sites (N-methyl/N-ethyl adjacent to an activating group) is 1. The van der Waals surface area contributed by atoms with Crippen molar-refractivity contribution in [3.05, 3.63) is 36.2 Å². The number of aliphatic carboxylic acids is 1. The Labute approximate surface area is 98.9 Å². The van der Waals surface area contributed by atoms with E-state index in [0.717, 1.165) is 0 Å². The van der Waals surface area contributed by atoms with Crippen LogP contribution >= 0.6 is 0 Å². The Morgan fingerprint density at radius 2 is 2.35 bits per heavy atom. The van der Waals surface area contributed by atoms with Crippen molar-refractivity contribution in [1.82, 2.24) is 9.99 Å². The molecule has 1 aromatic heterocycles. The van der Waals surface area contributed by atoms with E-state index in [1.165, 1.54) is 6.08 Å². The fourth-order valence-corrected chi connectivity index (χ4v) is 1.87. The highest BCUT2D eigenvalue weighted by molar-refractivity contribution is 5.87. The summed E-state index contributed by atoms with van der Waals surface area (Å²) in [6.45, 7) is 2.38. The summed E-state index contributed by atoms with van der Waals surface area (Å²) in [6.07, 6.45) is 2.66. The predicted molar refractivity (Wildman–Crippen MR) is 62.8 cm³/mol. The van der Waals surface area contributed by atoms with Crippen LogP contribution in [-0.2, 0) is 4.79 Å². The largest absolute Gasteiger partial charge is 0.477 e. The average Bonchev–Trinajstić information content (AvgIpc) is 2.67. The van der Waals surface area contributed by atoms with E-state index in [4.69, 9.17) is 10.8 Å². The molecule has 6 heteroatoms. The minimum atomic E-state index is -0.985. The zero-order chi connectivity index (χ0) is 12.4. The van der Waals surface area contributed by atoms with Crippen molar-refractivity contribution in [2.24, 2.45) is 5.73 Å². The van der Waals surface area contributed by atoms with Crippen LogP contribution < -0.4 is 10.7 Å². The van der Waals surface area contributed by atoms with Crippen LogP contribution in [0.3, 0.4) is 0 Å². The maximum atomic E-state index is 11.1. The molecule has 1 aromatic rings. The quantitative estimate of drug-likeness (QED) is 0.787. The third-order valence-electron chi connectivity index (χ3n) is 2.55. The van der Waals surface area contributed by atoms with Crippen LogP contribution in [0, 0.1) is 0 Å². The number of aromatic nitrogens is 1. The maximum absolute atomic E-state index is 11.1. The van der Waals surface area contributed by atoms with Crippen LogP contribution in [0.1, 0.15) is 6.92 Å². The van der Waals surface area contributed by atoms with Gasteiger partial charge >= 0.3 is 5.97 Å². The van der Waals surface area contributed by atoms with Crippen molar-refractivity contribution in [2.45, 2.75) is 13.1 Å². The molecule has 0 fully saturated rings. The molecular weight excluding hydrogens is 220 g/mol. The Hall–Kier alpha value is -2.08. The van der Waals surface area contributed by atoms with Gasteiger partial charge in [-0.3, -0.25) is 5.01 Å². The van der Waals surface area contributed by atoms with Gasteiger partial charge in [-0.05, 0) is 25.1 Å². The van der Waals surface area contributed by atoms with Crippen LogP contribution in [0.25, 0.3) is 0 Å². The van der Waals surface area contributed by atoms with E-state index >= 15 is 0 Å². The molecule has 0 amide bonds. The van der Waals surface area contributed by atoms with Gasteiger partial charge in [0.15, 0.2) is 0 Å². The number of hydrazine groups is 1. The molecule has 6 nitrogen and oxygen atoms in total. The van der Waals surface area contributed by atoms with E-state index in [0.29, 0.717) is 12.4 Å². The fraction of sp³-hybridized carbons (Fsp3) is 0.273. The molecule has 0 saturated heterocycles. The number of carboxylic acid groups (broad SMARTS) is 1. The van der Waals surface area contributed by atoms with Gasteiger partial charge in [0, 0.05) is 12.7 Å². The average molecular weight is 234 g/mol. The number of nitrogens with two attached hydrogens (primary N) is 1. The van der Waals surface area contributed by atoms with Gasteiger partial charge in [0.05, 0.1) is 0 Å². The third-order valence-corrected chi connectivity index (χ3v) is 2.55. The normalized spacial score (nSPS) is 19.4. The van der Waals surface area contributed by atoms with Gasteiger partial charge < -0.3 is 10.8 Å². The van der Waals surface area contributed by atoms with Crippen molar-refractivity contribution in [2.75, 3.05) is 11.6 Å². The number of hydrogen-bond acceptors (Lipinski definition) is 5. The minimum absolute atomic E-state index is 0.186. The summed E-state index contributed by atoms with van der Waals surface area (Å²) in [7, 11) is 0. The SMILES string of the molecule is CCN1C(C(=O)O)=CC(N)N1c1ccccn1. The van der Waals surface area contributed by atoms with Crippen LogP contribution in [0.5, 0.6) is 0 Å². The van der Waals surface area contributed by atoms with Gasteiger partial charge in [-0.2, -0.15) is 0 Å². The van der Waals surface area contributed by atoms with Crippen molar-refractivity contribution < 1.29 is 9.90 Å². The second-order valence-electron chi connectivity index (χ2n) is 3.60. The molecule has 0 bridgehead atoms. The van der Waals surface area contributed by atoms with E-state index in [1.54, 1.807) is 28.3 Å². The van der Waals surface area contributed by atoms with Crippen LogP contribution in [-0.4, -0.2) is 33.8 Å². The molecule has 0 saturated carbocycles. The lowest BCUT2D eigenvalue weighted by atomic mass is 10.4. The van der Waals surface area contributed by atoms with Gasteiger partial charge in [-0.1, -0.05) is 6.07 Å². The monoisotopic (exact) mass is 234 g/mol. The second-order valence-corrected chi connectivity index (χ2v) is 3.60. The highest BCUT2D eigenvalue weighted by Crippen LogP contribution is 2.25. The molecule has 0 spiro atoms. The number of rotatable bonds is 3. The Kier molecular flexibility index (Phi) is 2.97. The molecule has 0 aliphatic carbocycles. The van der Waals surface area contributed by atoms with Crippen molar-refractivity contribution >= 4 is 11.8 Å². The molecule has 0 aromatic carbocycles. The van der Waals surface area contributed by atoms with E-state index in [9.17, 15) is 4.79 Å². The van der Waals surface area contributed by atoms with Gasteiger partial charge in [0.2, 0.25) is 0 Å². The van der Waals surface area contributed by atoms with Crippen LogP contribution in [0.2, 0.25) is 0 Å². The van der Waals surface area contributed by atoms with E-state index in [1.807, 2.05) is 13.0 Å². The Bertz CT molecular complexity index is 446. The van der Waals surface area contributed by atoms with E-state index in [2.05, 4.69) is 4.98 Å². The molecule has 0 radical (unpaired) electrons. The lowest BCUT2D eigenvalue weighted by Crippen LogP contribution is -2.47. The first-order valence-electron chi connectivity index (χ1n) is 5.33. The number of carboxylic acids is 1. The van der Waals surface area contributed by atoms with E-state index < -0.39 is 12.1 Å². The first kappa shape index (κ1) is 11.4. The van der Waals surface area contributed by atoms with E-state index in [-0.39, 0.29) is 5.70 Å². The number of nitrogens with zero attached hydrogens (tertiary/aromatic N) is 3. The van der Waals surface area contributed by atoms with Crippen LogP contribution in [0.15, 0.2) is 36.2 Å². The van der Waals surface area contributed by atoms with Gasteiger partial charge in [-0.25, -0.2) is 14.8 Å². The second kappa shape index (κ2) is 4.42. The topological polar surface area (TPSA) is 82.7 Å². The van der Waals surface area contributed by atoms with Crippen molar-refractivity contribution in [3.8, 4) is 0 Å². The number of anilines is 1. The molecule has 2 heterocycles. The highest BCUT2D eigenvalue weighted by atomic mass is 16.4. The minimum Gasteiger partial charge on any atom is -0.477 e. The van der Waals surface area contributed by atoms with Crippen molar-refractivity contribution in [1.29, 1.82) is 0 Å². The molecule has 3 N–H and O–H groups in total. The Morgan fingerprint density at radius 1 is 1.59 bits per heavy atom. The zero-order valence-electron chi connectivity index (χ0n) is 9.45. The zero-order valence-corrected chi connectivity index (χ0v) is 9.45. The molecule has 17 heavy (non-hydrogen) atoms. The summed E-state index contributed by atoms with van der Waals surface area (Å²) >= 11 is 0. The molecular formula is C11H14N4O2. The number of hydrogen-bond donors (Lipinski definition) is 2. The summed E-state index contributed by atoms with van der Waals surface area (Å²) in [6, 6.07) is 5.43. The summed E-state index contributed by atoms with van der Waals surface area (Å²) in [4.78, 5) is 15.3. The van der Waals surface area contributed by atoms with Gasteiger partial charge in [0.1, 0.15) is 17.7 Å². The smallest absolute Gasteiger partial charge is 0.353 e. The molecule has 1 unspecified atom stereocenters. The summed E-state index contributed by atoms with van der Waals surface area (Å²) < 4.78 is 0. The summed E-state index contributed by atoms with van der Waals surface area (Å²) in [5.41, 5.74) is 6.10. The molecule has 1 atom stereocenters. The molecule has 1 aliphatic rings. The van der Waals surface area contributed by atoms with Crippen LogP contribution in [0.4, 0.5) is 5.82 Å². The standard InChI is InChI=1S/C11H14N4O2/c1-2-14-8(11(16)17)7-9(12)15(14)10-5-3-4-6-13-10/h3-7,9H,2,12H2,1H3,(H,16,17). The lowest BCUT2D eigenvalue weighted by Gasteiger charge is -2.33. The summed E-state index contributed by atoms with van der Waals surface area (Å²) in [5, 5.41) is 12.4. The fourth-order valence-electron chi connectivity index (χ4n) is 1.87. The maximum Gasteiger partial charge on any atom is 0.353 e. The van der Waals surface area contributed by atoms with Crippen molar-refractivity contribution in [3.63, 3.8) is 0 Å². The highest BCUT2D eigenvalue weighted by Gasteiger charge is 2.33. The Morgan fingerprint density at radius 3 is 2.88 bits per heavy atom. The first-order chi connectivity index (χ1) is 8.15. The predicted octanol–water partition coefficient (Wildman–Crippen LogP) is 0.392. The first-order valence-corrected chi connectivity index (χ1v) is 5.33. The molecule has 2 rings (SSSR count). The van der Waals surface area contributed by atoms with Gasteiger partial charge in [-0.15, -0.1) is 0 Å². The third kappa shape index (κ3) is 1.94. The molecule has 90 valence electrons. The lowest BCUT2D eigenvalue weighted by molar-refractivity contribution is -0.134. The Balaban J connectivity index is 2.34. The number of pyridine rings is 1. The molecule has 1 aliphatic heterocycles. The van der Waals surface area contributed by atoms with Gasteiger partial charge in [0.25, 0.3) is 0 Å². The summed E-state index contributed by atoms with van der Waals surface area (Å²) in [5.74, 6) is -0.352. The number of carbonyl (C=O) groups is 1.